The van der Waals surface area contributed by atoms with Crippen LogP contribution in [0.1, 0.15) is 29.2 Å². The van der Waals surface area contributed by atoms with Gasteiger partial charge in [0.25, 0.3) is 0 Å². The van der Waals surface area contributed by atoms with Crippen molar-refractivity contribution in [1.82, 2.24) is 4.90 Å². The second-order valence-electron chi connectivity index (χ2n) is 5.19. The van der Waals surface area contributed by atoms with Gasteiger partial charge < -0.3 is 5.11 Å². The largest absolute Gasteiger partial charge is 0.387 e. The first-order valence-corrected chi connectivity index (χ1v) is 6.98. The highest BCUT2D eigenvalue weighted by molar-refractivity contribution is 5.36. The fraction of sp³-hybridized carbons (Fsp3) is 0.412. The Hall–Kier alpha value is -1.38. The molecule has 1 atom stereocenters. The molecular formula is C17H23NO. The van der Waals surface area contributed by atoms with Crippen molar-refractivity contribution in [1.29, 1.82) is 0 Å². The van der Waals surface area contributed by atoms with Crippen LogP contribution in [0.25, 0.3) is 0 Å². The lowest BCUT2D eigenvalue weighted by molar-refractivity contribution is 0.125. The molecule has 1 aromatic rings. The third-order valence-corrected chi connectivity index (χ3v) is 3.71. The number of rotatable bonds is 7. The van der Waals surface area contributed by atoms with Crippen LogP contribution in [0.15, 0.2) is 43.5 Å². The summed E-state index contributed by atoms with van der Waals surface area (Å²) < 4.78 is 0. The summed E-state index contributed by atoms with van der Waals surface area (Å²) in [5.41, 5.74) is 3.89. The molecule has 1 N–H and O–H groups in total. The van der Waals surface area contributed by atoms with Crippen LogP contribution in [0.4, 0.5) is 0 Å². The van der Waals surface area contributed by atoms with Crippen LogP contribution in [0.3, 0.4) is 0 Å². The number of benzene rings is 1. The Balaban J connectivity index is 2.03. The summed E-state index contributed by atoms with van der Waals surface area (Å²) in [6.07, 6.45) is 6.86. The van der Waals surface area contributed by atoms with Crippen molar-refractivity contribution in [3.05, 3.63) is 60.2 Å². The number of fused-ring (bicyclic) bond motifs is 1. The van der Waals surface area contributed by atoms with E-state index in [0.29, 0.717) is 6.54 Å². The lowest BCUT2D eigenvalue weighted by atomic mass is 10.0. The molecule has 0 fully saturated rings. The van der Waals surface area contributed by atoms with Gasteiger partial charge in [-0.3, -0.25) is 4.90 Å². The van der Waals surface area contributed by atoms with Crippen molar-refractivity contribution in [2.75, 3.05) is 19.6 Å². The number of aliphatic hydroxyl groups excluding tert-OH is 1. The van der Waals surface area contributed by atoms with E-state index < -0.39 is 6.10 Å². The zero-order chi connectivity index (χ0) is 13.7. The molecule has 0 aliphatic heterocycles. The Bertz CT molecular complexity index is 443. The molecule has 0 amide bonds. The van der Waals surface area contributed by atoms with E-state index in [2.05, 4.69) is 36.3 Å². The van der Waals surface area contributed by atoms with Crippen molar-refractivity contribution in [3.8, 4) is 0 Å². The van der Waals surface area contributed by atoms with Crippen LogP contribution in [0.2, 0.25) is 0 Å². The molecule has 1 aromatic carbocycles. The Morgan fingerprint density at radius 1 is 1.16 bits per heavy atom. The monoisotopic (exact) mass is 257 g/mol. The van der Waals surface area contributed by atoms with Crippen LogP contribution < -0.4 is 0 Å². The highest BCUT2D eigenvalue weighted by Crippen LogP contribution is 2.25. The average molecular weight is 257 g/mol. The van der Waals surface area contributed by atoms with Crippen molar-refractivity contribution in [2.24, 2.45) is 0 Å². The van der Waals surface area contributed by atoms with Crippen molar-refractivity contribution in [2.45, 2.75) is 25.4 Å². The van der Waals surface area contributed by atoms with Gasteiger partial charge in [-0.2, -0.15) is 0 Å². The van der Waals surface area contributed by atoms with Gasteiger partial charge in [0.1, 0.15) is 0 Å². The van der Waals surface area contributed by atoms with Crippen LogP contribution >= 0.6 is 0 Å². The van der Waals surface area contributed by atoms with Gasteiger partial charge in [-0.1, -0.05) is 30.4 Å². The molecule has 2 heteroatoms. The summed E-state index contributed by atoms with van der Waals surface area (Å²) in [6.45, 7) is 9.67. The molecule has 2 rings (SSSR count). The van der Waals surface area contributed by atoms with Gasteiger partial charge in [-0.25, -0.2) is 0 Å². The third kappa shape index (κ3) is 3.55. The van der Waals surface area contributed by atoms with E-state index in [1.54, 1.807) is 0 Å². The minimum Gasteiger partial charge on any atom is -0.387 e. The Morgan fingerprint density at radius 2 is 1.84 bits per heavy atom. The maximum Gasteiger partial charge on any atom is 0.0917 e. The lowest BCUT2D eigenvalue weighted by Crippen LogP contribution is -2.29. The first-order valence-electron chi connectivity index (χ1n) is 6.98. The number of nitrogens with zero attached hydrogens (tertiary/aromatic N) is 1. The SMILES string of the molecule is C=CCN(CC=C)CC(O)c1ccc2c(c1)CCC2. The molecule has 19 heavy (non-hydrogen) atoms. The molecule has 102 valence electrons. The Kier molecular flexibility index (Phi) is 4.94. The van der Waals surface area contributed by atoms with Gasteiger partial charge in [0.2, 0.25) is 0 Å². The summed E-state index contributed by atoms with van der Waals surface area (Å²) in [5, 5.41) is 10.4. The number of aryl methyl sites for hydroxylation is 2. The van der Waals surface area contributed by atoms with Gasteiger partial charge in [0.05, 0.1) is 6.10 Å². The molecule has 2 nitrogen and oxygen atoms in total. The summed E-state index contributed by atoms with van der Waals surface area (Å²) >= 11 is 0. The normalized spacial score (nSPS) is 15.3. The van der Waals surface area contributed by atoms with Gasteiger partial charge in [-0.15, -0.1) is 13.2 Å². The van der Waals surface area contributed by atoms with Gasteiger partial charge in [0, 0.05) is 19.6 Å². The minimum absolute atomic E-state index is 0.439. The molecule has 1 aliphatic rings. The molecule has 0 saturated carbocycles. The summed E-state index contributed by atoms with van der Waals surface area (Å²) in [4.78, 5) is 2.14. The summed E-state index contributed by atoms with van der Waals surface area (Å²) in [5.74, 6) is 0. The standard InChI is InChI=1S/C17H23NO/c1-3-10-18(11-4-2)13-17(19)16-9-8-14-6-5-7-15(14)12-16/h3-4,8-9,12,17,19H,1-2,5-7,10-11,13H2. The van der Waals surface area contributed by atoms with Crippen LogP contribution in [-0.2, 0) is 12.8 Å². The third-order valence-electron chi connectivity index (χ3n) is 3.71. The first-order chi connectivity index (χ1) is 9.24. The maximum atomic E-state index is 10.4. The van der Waals surface area contributed by atoms with E-state index in [0.717, 1.165) is 25.1 Å². The number of aliphatic hydroxyl groups is 1. The molecule has 0 saturated heterocycles. The van der Waals surface area contributed by atoms with Gasteiger partial charge in [-0.05, 0) is 36.0 Å². The molecule has 0 aromatic heterocycles. The van der Waals surface area contributed by atoms with Crippen LogP contribution in [0.5, 0.6) is 0 Å². The maximum absolute atomic E-state index is 10.4. The fourth-order valence-corrected chi connectivity index (χ4v) is 2.74. The molecular weight excluding hydrogens is 234 g/mol. The van der Waals surface area contributed by atoms with Crippen molar-refractivity contribution >= 4 is 0 Å². The van der Waals surface area contributed by atoms with E-state index in [9.17, 15) is 5.11 Å². The van der Waals surface area contributed by atoms with E-state index >= 15 is 0 Å². The van der Waals surface area contributed by atoms with E-state index in [4.69, 9.17) is 0 Å². The van der Waals surface area contributed by atoms with Gasteiger partial charge >= 0.3 is 0 Å². The number of hydrogen-bond donors (Lipinski definition) is 1. The molecule has 0 spiro atoms. The summed E-state index contributed by atoms with van der Waals surface area (Å²) in [7, 11) is 0. The number of hydrogen-bond acceptors (Lipinski definition) is 2. The zero-order valence-electron chi connectivity index (χ0n) is 11.5. The quantitative estimate of drug-likeness (QED) is 0.759. The topological polar surface area (TPSA) is 23.5 Å². The molecule has 0 heterocycles. The molecule has 0 radical (unpaired) electrons. The second kappa shape index (κ2) is 6.69. The lowest BCUT2D eigenvalue weighted by Gasteiger charge is -2.23. The van der Waals surface area contributed by atoms with Crippen molar-refractivity contribution in [3.63, 3.8) is 0 Å². The fourth-order valence-electron chi connectivity index (χ4n) is 2.74. The highest BCUT2D eigenvalue weighted by atomic mass is 16.3. The molecule has 1 unspecified atom stereocenters. The highest BCUT2D eigenvalue weighted by Gasteiger charge is 2.16. The van der Waals surface area contributed by atoms with E-state index in [-0.39, 0.29) is 0 Å². The Morgan fingerprint density at radius 3 is 2.53 bits per heavy atom. The molecule has 0 bridgehead atoms. The van der Waals surface area contributed by atoms with Crippen LogP contribution in [0, 0.1) is 0 Å². The van der Waals surface area contributed by atoms with E-state index in [1.165, 1.54) is 24.0 Å². The van der Waals surface area contributed by atoms with Crippen molar-refractivity contribution < 1.29 is 5.11 Å². The summed E-state index contributed by atoms with van der Waals surface area (Å²) in [6, 6.07) is 6.41. The van der Waals surface area contributed by atoms with Crippen LogP contribution in [-0.4, -0.2) is 29.6 Å². The predicted molar refractivity (Wildman–Crippen MR) is 80.3 cm³/mol. The predicted octanol–water partition coefficient (Wildman–Crippen LogP) is 2.88. The van der Waals surface area contributed by atoms with Gasteiger partial charge in [0.15, 0.2) is 0 Å². The van der Waals surface area contributed by atoms with E-state index in [1.807, 2.05) is 12.2 Å². The average Bonchev–Trinajstić information content (AvgIpc) is 2.86. The Labute approximate surface area is 116 Å². The zero-order valence-corrected chi connectivity index (χ0v) is 11.5. The first kappa shape index (κ1) is 14.0. The minimum atomic E-state index is -0.439. The smallest absolute Gasteiger partial charge is 0.0917 e. The second-order valence-corrected chi connectivity index (χ2v) is 5.19. The molecule has 1 aliphatic carbocycles.